The van der Waals surface area contributed by atoms with Crippen LogP contribution in [0.1, 0.15) is 22.7 Å². The lowest BCUT2D eigenvalue weighted by Gasteiger charge is -2.33. The Balaban J connectivity index is 0.00000156. The molecule has 122 valence electrons. The molecule has 0 amide bonds. The Morgan fingerprint density at radius 2 is 1.74 bits per heavy atom. The zero-order valence-electron chi connectivity index (χ0n) is 13.1. The van der Waals surface area contributed by atoms with Gasteiger partial charge in [-0.1, -0.05) is 42.5 Å². The second-order valence-electron chi connectivity index (χ2n) is 6.21. The Labute approximate surface area is 143 Å². The first-order chi connectivity index (χ1) is 10.9. The third kappa shape index (κ3) is 3.01. The molecule has 0 spiro atoms. The molecule has 2 aromatic rings. The third-order valence-electron chi connectivity index (χ3n) is 4.94. The fourth-order valence-corrected chi connectivity index (χ4v) is 3.76. The number of fused-ring (bicyclic) bond motifs is 3. The number of rotatable bonds is 3. The largest absolute Gasteiger partial charge is 0.314 e. The first kappa shape index (κ1) is 16.4. The normalized spacial score (nSPS) is 18.0. The minimum absolute atomic E-state index is 0. The van der Waals surface area contributed by atoms with Crippen LogP contribution < -0.4 is 5.32 Å². The van der Waals surface area contributed by atoms with Crippen LogP contribution in [0.3, 0.4) is 0 Å². The molecule has 1 saturated heterocycles. The topological polar surface area (TPSA) is 15.3 Å². The molecular formula is C19H22ClFN2. The number of halogens is 2. The van der Waals surface area contributed by atoms with Crippen LogP contribution in [0.2, 0.25) is 0 Å². The van der Waals surface area contributed by atoms with Crippen molar-refractivity contribution in [1.82, 2.24) is 10.2 Å². The van der Waals surface area contributed by atoms with E-state index in [1.54, 1.807) is 0 Å². The van der Waals surface area contributed by atoms with Crippen LogP contribution in [0.5, 0.6) is 0 Å². The summed E-state index contributed by atoms with van der Waals surface area (Å²) in [6, 6.07) is 15.0. The zero-order valence-corrected chi connectivity index (χ0v) is 13.9. The van der Waals surface area contributed by atoms with Crippen molar-refractivity contribution in [3.8, 4) is 11.1 Å². The van der Waals surface area contributed by atoms with Crippen LogP contribution in [0, 0.1) is 0 Å². The van der Waals surface area contributed by atoms with Crippen molar-refractivity contribution in [2.75, 3.05) is 32.9 Å². The number of hydrogen-bond donors (Lipinski definition) is 1. The van der Waals surface area contributed by atoms with E-state index in [4.69, 9.17) is 0 Å². The van der Waals surface area contributed by atoms with Crippen LogP contribution in [0.4, 0.5) is 4.39 Å². The fourth-order valence-electron chi connectivity index (χ4n) is 3.76. The average Bonchev–Trinajstić information content (AvgIpc) is 2.94. The highest BCUT2D eigenvalue weighted by Gasteiger charge is 2.24. The van der Waals surface area contributed by atoms with Crippen molar-refractivity contribution >= 4 is 12.4 Å². The molecule has 1 N–H and O–H groups in total. The molecule has 0 radical (unpaired) electrons. The second-order valence-corrected chi connectivity index (χ2v) is 6.21. The van der Waals surface area contributed by atoms with Crippen LogP contribution in [0.25, 0.3) is 11.1 Å². The predicted octanol–water partition coefficient (Wildman–Crippen LogP) is 3.60. The molecule has 1 heterocycles. The van der Waals surface area contributed by atoms with E-state index in [0.29, 0.717) is 0 Å². The highest BCUT2D eigenvalue weighted by molar-refractivity contribution is 5.85. The molecule has 4 rings (SSSR count). The molecule has 0 aromatic heterocycles. The smallest absolute Gasteiger partial charge is 0.109 e. The maximum absolute atomic E-state index is 13.7. The summed E-state index contributed by atoms with van der Waals surface area (Å²) in [5.41, 5.74) is 6.50. The molecule has 0 bridgehead atoms. The molecule has 4 heteroatoms. The Hall–Kier alpha value is -1.42. The Morgan fingerprint density at radius 1 is 1.00 bits per heavy atom. The molecule has 0 unspecified atom stereocenters. The summed E-state index contributed by atoms with van der Waals surface area (Å²) in [7, 11) is 0. The van der Waals surface area contributed by atoms with E-state index in [-0.39, 0.29) is 25.1 Å². The van der Waals surface area contributed by atoms with Crippen molar-refractivity contribution in [1.29, 1.82) is 0 Å². The lowest BCUT2D eigenvalue weighted by Crippen LogP contribution is -2.45. The predicted molar refractivity (Wildman–Crippen MR) is 95.1 cm³/mol. The quantitative estimate of drug-likeness (QED) is 0.788. The monoisotopic (exact) mass is 332 g/mol. The lowest BCUT2D eigenvalue weighted by molar-refractivity contribution is 0.147. The SMILES string of the molecule is Cl.FC[C@@H](c1ccc2c(c1)Cc1ccccc1-2)N1CCNCC1. The fraction of sp³-hybridized carbons (Fsp3) is 0.368. The number of nitrogens with zero attached hydrogens (tertiary/aromatic N) is 1. The Kier molecular flexibility index (Phi) is 5.00. The molecule has 23 heavy (non-hydrogen) atoms. The molecule has 2 aromatic carbocycles. The van der Waals surface area contributed by atoms with Crippen LogP contribution >= 0.6 is 12.4 Å². The van der Waals surface area contributed by atoms with Gasteiger partial charge in [-0.25, -0.2) is 4.39 Å². The van der Waals surface area contributed by atoms with E-state index in [0.717, 1.165) is 38.2 Å². The van der Waals surface area contributed by atoms with Crippen LogP contribution in [0.15, 0.2) is 42.5 Å². The van der Waals surface area contributed by atoms with Crippen LogP contribution in [-0.4, -0.2) is 37.8 Å². The van der Waals surface area contributed by atoms with Gasteiger partial charge < -0.3 is 5.32 Å². The minimum Gasteiger partial charge on any atom is -0.314 e. The highest BCUT2D eigenvalue weighted by Crippen LogP contribution is 2.38. The van der Waals surface area contributed by atoms with E-state index in [9.17, 15) is 4.39 Å². The maximum atomic E-state index is 13.7. The van der Waals surface area contributed by atoms with Crippen molar-refractivity contribution in [2.24, 2.45) is 0 Å². The minimum atomic E-state index is -0.314. The van der Waals surface area contributed by atoms with E-state index in [1.165, 1.54) is 22.3 Å². The van der Waals surface area contributed by atoms with Crippen molar-refractivity contribution in [3.63, 3.8) is 0 Å². The van der Waals surface area contributed by atoms with E-state index >= 15 is 0 Å². The van der Waals surface area contributed by atoms with Gasteiger partial charge in [0.25, 0.3) is 0 Å². The van der Waals surface area contributed by atoms with E-state index in [2.05, 4.69) is 52.7 Å². The molecule has 1 atom stereocenters. The van der Waals surface area contributed by atoms with Gasteiger partial charge in [0, 0.05) is 26.2 Å². The molecule has 1 fully saturated rings. The highest BCUT2D eigenvalue weighted by atomic mass is 35.5. The van der Waals surface area contributed by atoms with E-state index in [1.807, 2.05) is 0 Å². The zero-order chi connectivity index (χ0) is 14.9. The lowest BCUT2D eigenvalue weighted by atomic mass is 9.99. The van der Waals surface area contributed by atoms with Gasteiger partial charge in [-0.05, 0) is 34.2 Å². The Morgan fingerprint density at radius 3 is 2.52 bits per heavy atom. The first-order valence-corrected chi connectivity index (χ1v) is 8.08. The van der Waals surface area contributed by atoms with Crippen molar-refractivity contribution < 1.29 is 4.39 Å². The summed E-state index contributed by atoms with van der Waals surface area (Å²) >= 11 is 0. The molecule has 2 aliphatic rings. The van der Waals surface area contributed by atoms with Gasteiger partial charge in [-0.15, -0.1) is 12.4 Å². The van der Waals surface area contributed by atoms with Crippen molar-refractivity contribution in [2.45, 2.75) is 12.5 Å². The van der Waals surface area contributed by atoms with Gasteiger partial charge in [0.1, 0.15) is 6.67 Å². The van der Waals surface area contributed by atoms with Gasteiger partial charge in [0.05, 0.1) is 6.04 Å². The molecule has 1 aliphatic carbocycles. The molecule has 0 saturated carbocycles. The molecule has 2 nitrogen and oxygen atoms in total. The van der Waals surface area contributed by atoms with Gasteiger partial charge >= 0.3 is 0 Å². The summed E-state index contributed by atoms with van der Waals surface area (Å²) in [4.78, 5) is 2.26. The third-order valence-corrected chi connectivity index (χ3v) is 4.94. The van der Waals surface area contributed by atoms with Gasteiger partial charge in [0.2, 0.25) is 0 Å². The second kappa shape index (κ2) is 7.00. The molecular weight excluding hydrogens is 311 g/mol. The Bertz CT molecular complexity index is 683. The summed E-state index contributed by atoms with van der Waals surface area (Å²) < 4.78 is 13.7. The summed E-state index contributed by atoms with van der Waals surface area (Å²) in [5, 5.41) is 3.33. The summed E-state index contributed by atoms with van der Waals surface area (Å²) in [5.74, 6) is 0. The van der Waals surface area contributed by atoms with E-state index < -0.39 is 0 Å². The standard InChI is InChI=1S/C19H21FN2.ClH/c20-13-19(22-9-7-21-8-10-22)15-5-6-18-16(12-15)11-14-3-1-2-4-17(14)18;/h1-6,12,19,21H,7-11,13H2;1H/t19-;/m0./s1. The van der Waals surface area contributed by atoms with Gasteiger partial charge in [-0.2, -0.15) is 0 Å². The number of hydrogen-bond acceptors (Lipinski definition) is 2. The van der Waals surface area contributed by atoms with Crippen LogP contribution in [-0.2, 0) is 6.42 Å². The summed E-state index contributed by atoms with van der Waals surface area (Å²) in [6.45, 7) is 3.43. The summed E-state index contributed by atoms with van der Waals surface area (Å²) in [6.07, 6.45) is 0.972. The average molecular weight is 333 g/mol. The van der Waals surface area contributed by atoms with Gasteiger partial charge in [0.15, 0.2) is 0 Å². The maximum Gasteiger partial charge on any atom is 0.109 e. The van der Waals surface area contributed by atoms with Crippen molar-refractivity contribution in [3.05, 3.63) is 59.2 Å². The number of alkyl halides is 1. The number of nitrogens with one attached hydrogen (secondary N) is 1. The first-order valence-electron chi connectivity index (χ1n) is 8.08. The number of piperazine rings is 1. The molecule has 1 aliphatic heterocycles. The van der Waals surface area contributed by atoms with Gasteiger partial charge in [-0.3, -0.25) is 4.90 Å². The number of benzene rings is 2.